The van der Waals surface area contributed by atoms with E-state index < -0.39 is 40.1 Å². The molecular weight excluding hydrogens is 989 g/mol. The molecule has 1 heterocycles. The third kappa shape index (κ3) is 17.4. The molecule has 1 saturated heterocycles. The van der Waals surface area contributed by atoms with E-state index in [2.05, 4.69) is 38.0 Å². The summed E-state index contributed by atoms with van der Waals surface area (Å²) in [6, 6.07) is 53.5. The molecule has 72 heavy (non-hydrogen) atoms. The van der Waals surface area contributed by atoms with Crippen LogP contribution in [-0.2, 0) is 53.2 Å². The molecule has 0 amide bonds. The molecule has 384 valence electrons. The Labute approximate surface area is 428 Å². The first-order chi connectivity index (χ1) is 34.6. The van der Waals surface area contributed by atoms with Crippen molar-refractivity contribution in [3.05, 3.63) is 205 Å². The van der Waals surface area contributed by atoms with Crippen LogP contribution in [0.3, 0.4) is 0 Å². The zero-order chi connectivity index (χ0) is 51.3. The van der Waals surface area contributed by atoms with Gasteiger partial charge < -0.3 is 0 Å². The minimum Gasteiger partial charge on any atom is -0.299 e. The Morgan fingerprint density at radius 1 is 0.431 bits per heavy atom. The van der Waals surface area contributed by atoms with E-state index in [1.807, 2.05) is 48.5 Å². The standard InChI is InChI=1S/C29H35N3O4S2.C25H31N3O4S2/c1-26-23-31(37(33,34)28-15-7-3-8-16-28)21-11-19-30(25-27-13-5-2-6-14-27)20-12-22-32(24-26)38(35,36)29-17-9-4-10-18-29;29-33(30,24-14-6-2-7-15-24)26-18-10-20-28(22-23-12-4-1-5-13-23)21-11-19-27-34(31,32)25-16-8-3-9-17-25/h2-10,13-18H,1,11-12,19-25H2;1-9,12-17,26-27H,10-11,18-22H2. The Balaban J connectivity index is 0.000000237. The molecule has 0 spiro atoms. The van der Waals surface area contributed by atoms with Crippen molar-refractivity contribution in [2.75, 3.05) is 65.4 Å². The van der Waals surface area contributed by atoms with Gasteiger partial charge in [0.1, 0.15) is 0 Å². The van der Waals surface area contributed by atoms with Crippen molar-refractivity contribution in [2.45, 2.75) is 58.4 Å². The highest BCUT2D eigenvalue weighted by Gasteiger charge is 2.29. The molecule has 0 unspecified atom stereocenters. The quantitative estimate of drug-likeness (QED) is 0.0578. The van der Waals surface area contributed by atoms with Gasteiger partial charge in [-0.3, -0.25) is 9.80 Å². The first kappa shape index (κ1) is 55.9. The van der Waals surface area contributed by atoms with Crippen molar-refractivity contribution < 1.29 is 33.7 Å². The molecule has 0 atom stereocenters. The molecule has 2 N–H and O–H groups in total. The zero-order valence-corrected chi connectivity index (χ0v) is 43.8. The summed E-state index contributed by atoms with van der Waals surface area (Å²) in [5.41, 5.74) is 2.85. The lowest BCUT2D eigenvalue weighted by Gasteiger charge is -2.30. The van der Waals surface area contributed by atoms with Gasteiger partial charge in [0.15, 0.2) is 0 Å². The molecule has 1 fully saturated rings. The molecular formula is C54H66N6O8S4. The van der Waals surface area contributed by atoms with Gasteiger partial charge >= 0.3 is 0 Å². The van der Waals surface area contributed by atoms with Crippen LogP contribution in [0.25, 0.3) is 0 Å². The van der Waals surface area contributed by atoms with Crippen LogP contribution >= 0.6 is 0 Å². The molecule has 18 heteroatoms. The fraction of sp³-hybridized carbons (Fsp3) is 0.296. The van der Waals surface area contributed by atoms with Crippen LogP contribution in [0.15, 0.2) is 214 Å². The van der Waals surface area contributed by atoms with Crippen molar-refractivity contribution in [1.82, 2.24) is 27.9 Å². The topological polar surface area (TPSA) is 174 Å². The van der Waals surface area contributed by atoms with Crippen molar-refractivity contribution in [1.29, 1.82) is 0 Å². The Morgan fingerprint density at radius 2 is 0.764 bits per heavy atom. The number of nitrogens with zero attached hydrogens (tertiary/aromatic N) is 4. The third-order valence-electron chi connectivity index (χ3n) is 11.8. The van der Waals surface area contributed by atoms with Crippen LogP contribution in [-0.4, -0.2) is 118 Å². The number of rotatable bonds is 20. The first-order valence-electron chi connectivity index (χ1n) is 24.0. The maximum Gasteiger partial charge on any atom is 0.243 e. The normalized spacial score (nSPS) is 15.2. The molecule has 14 nitrogen and oxygen atoms in total. The van der Waals surface area contributed by atoms with Gasteiger partial charge in [-0.2, -0.15) is 8.61 Å². The largest absolute Gasteiger partial charge is 0.299 e. The Morgan fingerprint density at radius 3 is 1.14 bits per heavy atom. The number of benzene rings is 6. The summed E-state index contributed by atoms with van der Waals surface area (Å²) in [5.74, 6) is 0. The molecule has 0 aliphatic carbocycles. The van der Waals surface area contributed by atoms with Gasteiger partial charge in [0.25, 0.3) is 0 Å². The fourth-order valence-electron chi connectivity index (χ4n) is 8.15. The predicted octanol–water partition coefficient (Wildman–Crippen LogP) is 7.45. The van der Waals surface area contributed by atoms with Crippen LogP contribution in [0.5, 0.6) is 0 Å². The molecule has 0 bridgehead atoms. The molecule has 7 rings (SSSR count). The average Bonchev–Trinajstić information content (AvgIpc) is 3.39. The van der Waals surface area contributed by atoms with Gasteiger partial charge in [0.05, 0.1) is 19.6 Å². The Bertz CT molecular complexity index is 2850. The van der Waals surface area contributed by atoms with Gasteiger partial charge in [-0.05, 0) is 117 Å². The molecule has 0 aromatic heterocycles. The van der Waals surface area contributed by atoms with E-state index in [1.165, 1.54) is 8.61 Å². The average molecular weight is 1060 g/mol. The van der Waals surface area contributed by atoms with Crippen molar-refractivity contribution in [3.8, 4) is 0 Å². The number of hydrogen-bond donors (Lipinski definition) is 2. The van der Waals surface area contributed by atoms with Crippen LogP contribution in [0.1, 0.15) is 36.8 Å². The lowest BCUT2D eigenvalue weighted by Crippen LogP contribution is -2.41. The molecule has 0 saturated carbocycles. The molecule has 6 aromatic rings. The monoisotopic (exact) mass is 1050 g/mol. The van der Waals surface area contributed by atoms with Gasteiger partial charge in [-0.15, -0.1) is 0 Å². The lowest BCUT2D eigenvalue weighted by atomic mass is 10.2. The third-order valence-corrected chi connectivity index (χ3v) is 18.5. The smallest absolute Gasteiger partial charge is 0.243 e. The number of hydrogen-bond acceptors (Lipinski definition) is 10. The lowest BCUT2D eigenvalue weighted by molar-refractivity contribution is 0.238. The van der Waals surface area contributed by atoms with Crippen molar-refractivity contribution >= 4 is 40.1 Å². The molecule has 1 aliphatic rings. The van der Waals surface area contributed by atoms with E-state index >= 15 is 0 Å². The van der Waals surface area contributed by atoms with Crippen LogP contribution in [0, 0.1) is 0 Å². The van der Waals surface area contributed by atoms with E-state index in [-0.39, 0.29) is 32.7 Å². The summed E-state index contributed by atoms with van der Waals surface area (Å²) in [7, 11) is -14.6. The van der Waals surface area contributed by atoms with Gasteiger partial charge in [-0.25, -0.2) is 43.1 Å². The second-order valence-electron chi connectivity index (χ2n) is 17.4. The zero-order valence-electron chi connectivity index (χ0n) is 40.5. The predicted molar refractivity (Wildman–Crippen MR) is 285 cm³/mol. The number of nitrogens with one attached hydrogen (secondary N) is 2. The highest BCUT2D eigenvalue weighted by molar-refractivity contribution is 7.90. The summed E-state index contributed by atoms with van der Waals surface area (Å²) in [6.07, 6.45) is 2.57. The fourth-order valence-corrected chi connectivity index (χ4v) is 13.4. The highest BCUT2D eigenvalue weighted by Crippen LogP contribution is 2.22. The minimum absolute atomic E-state index is 0.0523. The van der Waals surface area contributed by atoms with E-state index in [4.69, 9.17) is 0 Å². The maximum absolute atomic E-state index is 13.6. The minimum atomic E-state index is -3.78. The van der Waals surface area contributed by atoms with Gasteiger partial charge in [-0.1, -0.05) is 140 Å². The maximum atomic E-state index is 13.6. The van der Waals surface area contributed by atoms with Gasteiger partial charge in [0, 0.05) is 52.4 Å². The molecule has 0 radical (unpaired) electrons. The summed E-state index contributed by atoms with van der Waals surface area (Å²) >= 11 is 0. The Hall–Kier alpha value is -5.38. The van der Waals surface area contributed by atoms with Crippen LogP contribution in [0.2, 0.25) is 0 Å². The van der Waals surface area contributed by atoms with Crippen molar-refractivity contribution in [3.63, 3.8) is 0 Å². The SMILES string of the molecule is C=C1CN(S(=O)(=O)c2ccccc2)CCCN(Cc2ccccc2)CCCN(S(=O)(=O)c2ccccc2)C1.O=S(=O)(NCCCN(CCCNS(=O)(=O)c1ccccc1)Cc1ccccc1)c1ccccc1. The first-order valence-corrected chi connectivity index (χ1v) is 29.9. The van der Waals surface area contributed by atoms with Crippen LogP contribution < -0.4 is 9.44 Å². The second-order valence-corrected chi connectivity index (χ2v) is 24.8. The molecule has 6 aromatic carbocycles. The highest BCUT2D eigenvalue weighted by atomic mass is 32.2. The van der Waals surface area contributed by atoms with E-state index in [9.17, 15) is 33.7 Å². The van der Waals surface area contributed by atoms with E-state index in [0.717, 1.165) is 11.1 Å². The summed E-state index contributed by atoms with van der Waals surface area (Å²) in [5, 5.41) is 0. The summed E-state index contributed by atoms with van der Waals surface area (Å²) < 4.78 is 112. The number of sulfonamides is 4. The summed E-state index contributed by atoms with van der Waals surface area (Å²) in [6.45, 7) is 9.63. The Kier molecular flexibility index (Phi) is 21.4. The van der Waals surface area contributed by atoms with Gasteiger partial charge in [0.2, 0.25) is 40.1 Å². The molecule has 1 aliphatic heterocycles. The van der Waals surface area contributed by atoms with Crippen LogP contribution in [0.4, 0.5) is 0 Å². The second kappa shape index (κ2) is 27.6. The van der Waals surface area contributed by atoms with E-state index in [0.29, 0.717) is 96.7 Å². The summed E-state index contributed by atoms with van der Waals surface area (Å²) in [4.78, 5) is 5.42. The van der Waals surface area contributed by atoms with Crippen molar-refractivity contribution in [2.24, 2.45) is 0 Å². The van der Waals surface area contributed by atoms with E-state index in [1.54, 1.807) is 121 Å².